The Morgan fingerprint density at radius 1 is 1.67 bits per heavy atom. The number of nitrogens with zero attached hydrogens (tertiary/aromatic N) is 1. The summed E-state index contributed by atoms with van der Waals surface area (Å²) in [5, 5.41) is 2.21. The highest BCUT2D eigenvalue weighted by Gasteiger charge is 1.98. The summed E-state index contributed by atoms with van der Waals surface area (Å²) in [6, 6.07) is 4.04. The third-order valence-corrected chi connectivity index (χ3v) is 1.09. The largest absolute Gasteiger partial charge is 0.301 e. The molecule has 0 bridgehead atoms. The summed E-state index contributed by atoms with van der Waals surface area (Å²) in [4.78, 5) is 13.9. The van der Waals surface area contributed by atoms with Crippen LogP contribution in [0.25, 0.3) is 0 Å². The second-order valence-electron chi connectivity index (χ2n) is 1.94. The summed E-state index contributed by atoms with van der Waals surface area (Å²) in [7, 11) is 0. The average Bonchev–Trinajstić information content (AvgIpc) is 2.04. The van der Waals surface area contributed by atoms with Gasteiger partial charge in [0.2, 0.25) is 5.95 Å². The van der Waals surface area contributed by atoms with Crippen LogP contribution in [0.4, 0.5) is 10.2 Å². The van der Waals surface area contributed by atoms with Crippen molar-refractivity contribution in [3.05, 3.63) is 24.1 Å². The number of amides is 1. The zero-order valence-corrected chi connectivity index (χ0v) is 6.04. The number of pyridine rings is 1. The van der Waals surface area contributed by atoms with Gasteiger partial charge in [-0.25, -0.2) is 4.98 Å². The second-order valence-corrected chi connectivity index (χ2v) is 1.94. The summed E-state index contributed by atoms with van der Waals surface area (Å²) >= 11 is 0. The number of hydrogen-bond acceptors (Lipinski definition) is 2. The molecule has 4 heteroatoms. The number of halogens is 1. The predicted octanol–water partition coefficient (Wildman–Crippen LogP) is 0.792. The Morgan fingerprint density at radius 3 is 3.00 bits per heavy atom. The van der Waals surface area contributed by atoms with Gasteiger partial charge in [0.05, 0.1) is 0 Å². The van der Waals surface area contributed by atoms with E-state index in [1.54, 1.807) is 0 Å². The van der Waals surface area contributed by atoms with Gasteiger partial charge >= 0.3 is 5.91 Å². The van der Waals surface area contributed by atoms with E-state index >= 15 is 0 Å². The van der Waals surface area contributed by atoms with Crippen molar-refractivity contribution in [3.8, 4) is 12.3 Å². The fraction of sp³-hybridized carbons (Fsp3) is 0. The zero-order chi connectivity index (χ0) is 8.97. The summed E-state index contributed by atoms with van der Waals surface area (Å²) in [6.07, 6.45) is 4.77. The van der Waals surface area contributed by atoms with Crippen LogP contribution >= 0.6 is 0 Å². The quantitative estimate of drug-likeness (QED) is 0.492. The van der Waals surface area contributed by atoms with E-state index in [4.69, 9.17) is 6.42 Å². The minimum absolute atomic E-state index is 0.109. The molecule has 0 saturated heterocycles. The first kappa shape index (κ1) is 8.21. The van der Waals surface area contributed by atoms with Gasteiger partial charge < -0.3 is 0 Å². The van der Waals surface area contributed by atoms with Crippen LogP contribution in [-0.4, -0.2) is 10.9 Å². The lowest BCUT2D eigenvalue weighted by atomic mass is 10.4. The van der Waals surface area contributed by atoms with Gasteiger partial charge in [0, 0.05) is 0 Å². The molecule has 1 rings (SSSR count). The number of nitrogens with one attached hydrogen (secondary N) is 1. The molecule has 0 atom stereocenters. The molecule has 0 spiro atoms. The Balaban J connectivity index is 2.78. The van der Waals surface area contributed by atoms with Gasteiger partial charge in [0.25, 0.3) is 0 Å². The van der Waals surface area contributed by atoms with E-state index in [-0.39, 0.29) is 5.82 Å². The van der Waals surface area contributed by atoms with Crippen molar-refractivity contribution in [1.82, 2.24) is 4.98 Å². The van der Waals surface area contributed by atoms with Gasteiger partial charge in [-0.3, -0.25) is 10.1 Å². The maximum atomic E-state index is 12.4. The summed E-state index contributed by atoms with van der Waals surface area (Å²) in [5.74, 6) is 0.622. The maximum absolute atomic E-state index is 12.4. The minimum Gasteiger partial charge on any atom is -0.300 e. The molecule has 0 aromatic carbocycles. The van der Waals surface area contributed by atoms with Crippen LogP contribution in [0.3, 0.4) is 0 Å². The molecule has 60 valence electrons. The van der Waals surface area contributed by atoms with Crippen molar-refractivity contribution < 1.29 is 9.18 Å². The normalized spacial score (nSPS) is 8.67. The summed E-state index contributed by atoms with van der Waals surface area (Å²) in [6.45, 7) is 0. The monoisotopic (exact) mass is 164 g/mol. The van der Waals surface area contributed by atoms with Crippen LogP contribution in [0, 0.1) is 18.3 Å². The molecule has 0 aliphatic rings. The number of terminal acetylenes is 1. The predicted molar refractivity (Wildman–Crippen MR) is 41.7 cm³/mol. The minimum atomic E-state index is -0.662. The van der Waals surface area contributed by atoms with Gasteiger partial charge in [-0.05, 0) is 18.1 Å². The van der Waals surface area contributed by atoms with Crippen LogP contribution in [0.1, 0.15) is 0 Å². The summed E-state index contributed by atoms with van der Waals surface area (Å²) in [5.41, 5.74) is 0. The Hall–Kier alpha value is -1.89. The first-order valence-corrected chi connectivity index (χ1v) is 3.12. The van der Waals surface area contributed by atoms with Crippen molar-refractivity contribution in [1.29, 1.82) is 0 Å². The van der Waals surface area contributed by atoms with Crippen molar-refractivity contribution in [3.63, 3.8) is 0 Å². The van der Waals surface area contributed by atoms with Crippen molar-refractivity contribution in [2.45, 2.75) is 0 Å². The molecule has 1 aromatic rings. The third-order valence-electron chi connectivity index (χ3n) is 1.09. The highest BCUT2D eigenvalue weighted by Crippen LogP contribution is 2.02. The molecule has 0 fully saturated rings. The van der Waals surface area contributed by atoms with Crippen molar-refractivity contribution >= 4 is 11.7 Å². The Kier molecular flexibility index (Phi) is 2.38. The molecule has 0 saturated carbocycles. The molecule has 0 unspecified atom stereocenters. The third kappa shape index (κ3) is 2.06. The van der Waals surface area contributed by atoms with E-state index in [2.05, 4.69) is 10.3 Å². The molecule has 12 heavy (non-hydrogen) atoms. The van der Waals surface area contributed by atoms with Gasteiger partial charge in [0.15, 0.2) is 0 Å². The smallest absolute Gasteiger partial charge is 0.300 e. The van der Waals surface area contributed by atoms with Crippen LogP contribution < -0.4 is 5.32 Å². The number of anilines is 1. The molecule has 1 amide bonds. The second kappa shape index (κ2) is 3.49. The maximum Gasteiger partial charge on any atom is 0.301 e. The van der Waals surface area contributed by atoms with Gasteiger partial charge in [-0.1, -0.05) is 6.07 Å². The molecule has 1 N–H and O–H groups in total. The first-order valence-electron chi connectivity index (χ1n) is 3.12. The van der Waals surface area contributed by atoms with Gasteiger partial charge in [-0.15, -0.1) is 6.42 Å². The van der Waals surface area contributed by atoms with Crippen molar-refractivity contribution in [2.75, 3.05) is 5.32 Å². The summed E-state index contributed by atoms with van der Waals surface area (Å²) < 4.78 is 12.4. The molecular weight excluding hydrogens is 159 g/mol. The zero-order valence-electron chi connectivity index (χ0n) is 6.04. The lowest BCUT2D eigenvalue weighted by molar-refractivity contribution is -0.111. The highest BCUT2D eigenvalue weighted by molar-refractivity contribution is 6.02. The molecule has 0 aliphatic heterocycles. The van der Waals surface area contributed by atoms with E-state index in [9.17, 15) is 9.18 Å². The van der Waals surface area contributed by atoms with Crippen LogP contribution in [0.5, 0.6) is 0 Å². The number of hydrogen-bond donors (Lipinski definition) is 1. The fourth-order valence-electron chi connectivity index (χ4n) is 0.630. The van der Waals surface area contributed by atoms with Crippen LogP contribution in [-0.2, 0) is 4.79 Å². The van der Waals surface area contributed by atoms with E-state index < -0.39 is 11.9 Å². The number of carbonyl (C=O) groups excluding carboxylic acids is 1. The lowest BCUT2D eigenvalue weighted by Crippen LogP contribution is -2.09. The lowest BCUT2D eigenvalue weighted by Gasteiger charge is -1.97. The Labute approximate surface area is 68.6 Å². The van der Waals surface area contributed by atoms with Gasteiger partial charge in [-0.2, -0.15) is 4.39 Å². The topological polar surface area (TPSA) is 42.0 Å². The van der Waals surface area contributed by atoms with Crippen molar-refractivity contribution in [2.24, 2.45) is 0 Å². The SMILES string of the molecule is C#CC(=O)Nc1cccc(F)n1. The molecule has 1 aromatic heterocycles. The van der Waals surface area contributed by atoms with Gasteiger partial charge in [0.1, 0.15) is 5.82 Å². The molecule has 3 nitrogen and oxygen atoms in total. The number of aromatic nitrogens is 1. The highest BCUT2D eigenvalue weighted by atomic mass is 19.1. The number of carbonyl (C=O) groups is 1. The Morgan fingerprint density at radius 2 is 2.42 bits per heavy atom. The molecule has 0 aliphatic carbocycles. The fourth-order valence-corrected chi connectivity index (χ4v) is 0.630. The van der Waals surface area contributed by atoms with E-state index in [0.29, 0.717) is 0 Å². The van der Waals surface area contributed by atoms with E-state index in [1.807, 2.05) is 5.92 Å². The molecular formula is C8H5FN2O. The molecule has 0 radical (unpaired) electrons. The average molecular weight is 164 g/mol. The van der Waals surface area contributed by atoms with E-state index in [0.717, 1.165) is 0 Å². The number of rotatable bonds is 1. The standard InChI is InChI=1S/C8H5FN2O/c1-2-8(12)11-7-5-3-4-6(9)10-7/h1,3-5H,(H,10,11,12). The van der Waals surface area contributed by atoms with E-state index in [1.165, 1.54) is 18.2 Å². The Bertz CT molecular complexity index is 343. The molecule has 1 heterocycles. The van der Waals surface area contributed by atoms with Crippen LogP contribution in [0.15, 0.2) is 18.2 Å². The van der Waals surface area contributed by atoms with Crippen LogP contribution in [0.2, 0.25) is 0 Å². The first-order chi connectivity index (χ1) is 5.72.